The average Bonchev–Trinajstić information content (AvgIpc) is 2.69. The number of nitrogens with zero attached hydrogens (tertiary/aromatic N) is 3. The van der Waals surface area contributed by atoms with Crippen molar-refractivity contribution in [1.29, 1.82) is 10.5 Å². The summed E-state index contributed by atoms with van der Waals surface area (Å²) in [5.74, 6) is 0. The third-order valence-electron chi connectivity index (χ3n) is 2.36. The molecule has 1 aromatic carbocycles. The number of rotatable bonds is 1. The zero-order valence-corrected chi connectivity index (χ0v) is 9.58. The van der Waals surface area contributed by atoms with Gasteiger partial charge in [-0.1, -0.05) is 23.9 Å². The maximum Gasteiger partial charge on any atom is 0.160 e. The van der Waals surface area contributed by atoms with Crippen LogP contribution in [0, 0.1) is 22.7 Å². The molecule has 78 valence electrons. The number of benzene rings is 1. The van der Waals surface area contributed by atoms with Crippen molar-refractivity contribution in [2.45, 2.75) is 11.8 Å². The maximum atomic E-state index is 8.91. The van der Waals surface area contributed by atoms with Gasteiger partial charge in [-0.25, -0.2) is 0 Å². The maximum absolute atomic E-state index is 8.91. The zero-order valence-electron chi connectivity index (χ0n) is 8.77. The van der Waals surface area contributed by atoms with E-state index in [1.807, 2.05) is 48.2 Å². The van der Waals surface area contributed by atoms with E-state index in [-0.39, 0.29) is 5.57 Å². The first-order valence-corrected chi connectivity index (χ1v) is 5.72. The lowest BCUT2D eigenvalue weighted by Crippen LogP contribution is -2.17. The Morgan fingerprint density at radius 3 is 2.62 bits per heavy atom. The van der Waals surface area contributed by atoms with Gasteiger partial charge in [-0.15, -0.1) is 0 Å². The zero-order chi connectivity index (χ0) is 11.5. The smallest absolute Gasteiger partial charge is 0.160 e. The predicted molar refractivity (Wildman–Crippen MR) is 63.6 cm³/mol. The van der Waals surface area contributed by atoms with Crippen molar-refractivity contribution < 1.29 is 0 Å². The molecule has 2 rings (SSSR count). The summed E-state index contributed by atoms with van der Waals surface area (Å²) in [6.45, 7) is 2.77. The van der Waals surface area contributed by atoms with Gasteiger partial charge in [-0.3, -0.25) is 0 Å². The molecular formula is C12H9N3S. The fourth-order valence-corrected chi connectivity index (χ4v) is 2.82. The summed E-state index contributed by atoms with van der Waals surface area (Å²) >= 11 is 1.49. The van der Waals surface area contributed by atoms with E-state index < -0.39 is 0 Å². The Hall–Kier alpha value is -1.91. The summed E-state index contributed by atoms with van der Waals surface area (Å²) in [5.41, 5.74) is 1.26. The second kappa shape index (κ2) is 4.30. The first kappa shape index (κ1) is 10.6. The van der Waals surface area contributed by atoms with Crippen LogP contribution in [0.25, 0.3) is 0 Å². The largest absolute Gasteiger partial charge is 0.334 e. The molecule has 0 atom stereocenters. The molecule has 0 fully saturated rings. The third-order valence-corrected chi connectivity index (χ3v) is 3.54. The number of anilines is 1. The van der Waals surface area contributed by atoms with E-state index in [4.69, 9.17) is 10.5 Å². The molecule has 0 amide bonds. The molecule has 0 saturated carbocycles. The Labute approximate surface area is 98.6 Å². The minimum Gasteiger partial charge on any atom is -0.334 e. The highest BCUT2D eigenvalue weighted by molar-refractivity contribution is 8.03. The van der Waals surface area contributed by atoms with Gasteiger partial charge in [0.2, 0.25) is 0 Å². The fourth-order valence-electron chi connectivity index (χ4n) is 1.66. The number of fused-ring (bicyclic) bond motifs is 1. The van der Waals surface area contributed by atoms with Crippen LogP contribution in [-0.4, -0.2) is 6.54 Å². The van der Waals surface area contributed by atoms with Crippen molar-refractivity contribution >= 4 is 17.4 Å². The number of para-hydroxylation sites is 1. The summed E-state index contributed by atoms with van der Waals surface area (Å²) in [4.78, 5) is 3.10. The van der Waals surface area contributed by atoms with Gasteiger partial charge in [0.15, 0.2) is 5.57 Å². The molecule has 0 unspecified atom stereocenters. The second-order valence-electron chi connectivity index (χ2n) is 3.22. The van der Waals surface area contributed by atoms with Crippen LogP contribution >= 0.6 is 11.8 Å². The monoisotopic (exact) mass is 227 g/mol. The lowest BCUT2D eigenvalue weighted by Gasteiger charge is -2.17. The lowest BCUT2D eigenvalue weighted by molar-refractivity contribution is 0.998. The van der Waals surface area contributed by atoms with Gasteiger partial charge in [-0.05, 0) is 19.1 Å². The molecule has 1 aliphatic heterocycles. The molecule has 0 N–H and O–H groups in total. The van der Waals surface area contributed by atoms with Crippen LogP contribution in [-0.2, 0) is 0 Å². The van der Waals surface area contributed by atoms with E-state index in [1.54, 1.807) is 0 Å². The third kappa shape index (κ3) is 1.54. The van der Waals surface area contributed by atoms with Gasteiger partial charge in [0.25, 0.3) is 0 Å². The van der Waals surface area contributed by atoms with Crippen LogP contribution in [0.3, 0.4) is 0 Å². The minimum atomic E-state index is 0.183. The number of hydrogen-bond acceptors (Lipinski definition) is 4. The summed E-state index contributed by atoms with van der Waals surface area (Å²) < 4.78 is 0. The first-order valence-electron chi connectivity index (χ1n) is 4.90. The van der Waals surface area contributed by atoms with Crippen LogP contribution in [0.1, 0.15) is 6.92 Å². The SMILES string of the molecule is CCN1C(=C(C#N)C#N)Sc2ccccc21. The Bertz CT molecular complexity index is 518. The van der Waals surface area contributed by atoms with Gasteiger partial charge in [0.1, 0.15) is 17.2 Å². The number of nitriles is 2. The van der Waals surface area contributed by atoms with E-state index in [9.17, 15) is 0 Å². The van der Waals surface area contributed by atoms with E-state index in [0.717, 1.165) is 22.2 Å². The molecule has 0 aromatic heterocycles. The molecule has 1 aliphatic rings. The fraction of sp³-hybridized carbons (Fsp3) is 0.167. The molecule has 0 saturated heterocycles. The van der Waals surface area contributed by atoms with E-state index >= 15 is 0 Å². The van der Waals surface area contributed by atoms with Crippen molar-refractivity contribution in [2.75, 3.05) is 11.4 Å². The highest BCUT2D eigenvalue weighted by Gasteiger charge is 2.26. The average molecular weight is 227 g/mol. The van der Waals surface area contributed by atoms with Crippen molar-refractivity contribution in [3.8, 4) is 12.1 Å². The van der Waals surface area contributed by atoms with Crippen molar-refractivity contribution in [1.82, 2.24) is 0 Å². The second-order valence-corrected chi connectivity index (χ2v) is 4.25. The molecule has 1 heterocycles. The van der Waals surface area contributed by atoms with Gasteiger partial charge in [0, 0.05) is 11.4 Å². The molecule has 0 spiro atoms. The van der Waals surface area contributed by atoms with Crippen molar-refractivity contribution in [3.63, 3.8) is 0 Å². The highest BCUT2D eigenvalue weighted by atomic mass is 32.2. The van der Waals surface area contributed by atoms with Crippen molar-refractivity contribution in [2.24, 2.45) is 0 Å². The standard InChI is InChI=1S/C12H9N3S/c1-2-15-10-5-3-4-6-11(10)16-12(15)9(7-13)8-14/h3-6H,2H2,1H3. The summed E-state index contributed by atoms with van der Waals surface area (Å²) in [6.07, 6.45) is 0. The Morgan fingerprint density at radius 1 is 1.31 bits per heavy atom. The summed E-state index contributed by atoms with van der Waals surface area (Å²) in [5, 5.41) is 18.6. The van der Waals surface area contributed by atoms with E-state index in [2.05, 4.69) is 0 Å². The van der Waals surface area contributed by atoms with Crippen LogP contribution in [0.4, 0.5) is 5.69 Å². The normalized spacial score (nSPS) is 12.9. The van der Waals surface area contributed by atoms with E-state index in [1.165, 1.54) is 11.8 Å². The quantitative estimate of drug-likeness (QED) is 0.692. The molecule has 0 bridgehead atoms. The number of thioether (sulfide) groups is 1. The molecular weight excluding hydrogens is 218 g/mol. The van der Waals surface area contributed by atoms with Crippen LogP contribution in [0.2, 0.25) is 0 Å². The van der Waals surface area contributed by atoms with Crippen molar-refractivity contribution in [3.05, 3.63) is 34.9 Å². The van der Waals surface area contributed by atoms with Gasteiger partial charge in [-0.2, -0.15) is 10.5 Å². The summed E-state index contributed by atoms with van der Waals surface area (Å²) in [6, 6.07) is 11.8. The molecule has 16 heavy (non-hydrogen) atoms. The van der Waals surface area contributed by atoms with Crippen LogP contribution in [0.15, 0.2) is 39.8 Å². The highest BCUT2D eigenvalue weighted by Crippen LogP contribution is 2.46. The predicted octanol–water partition coefficient (Wildman–Crippen LogP) is 2.88. The number of allylic oxidation sites excluding steroid dienone is 1. The first-order chi connectivity index (χ1) is 7.81. The number of hydrogen-bond donors (Lipinski definition) is 0. The molecule has 0 radical (unpaired) electrons. The van der Waals surface area contributed by atoms with E-state index in [0.29, 0.717) is 0 Å². The lowest BCUT2D eigenvalue weighted by atomic mass is 10.2. The van der Waals surface area contributed by atoms with Gasteiger partial charge < -0.3 is 4.90 Å². The molecule has 1 aromatic rings. The van der Waals surface area contributed by atoms with Crippen LogP contribution < -0.4 is 4.90 Å². The Morgan fingerprint density at radius 2 is 2.00 bits per heavy atom. The van der Waals surface area contributed by atoms with Crippen LogP contribution in [0.5, 0.6) is 0 Å². The molecule has 0 aliphatic carbocycles. The molecule has 3 nitrogen and oxygen atoms in total. The molecule has 4 heteroatoms. The minimum absolute atomic E-state index is 0.183. The topological polar surface area (TPSA) is 50.8 Å². The summed E-state index contributed by atoms with van der Waals surface area (Å²) in [7, 11) is 0. The van der Waals surface area contributed by atoms with Gasteiger partial charge in [0.05, 0.1) is 5.69 Å². The van der Waals surface area contributed by atoms with Gasteiger partial charge >= 0.3 is 0 Å². The Balaban J connectivity index is 2.56. The Kier molecular flexibility index (Phi) is 2.85.